The Kier molecular flexibility index (Phi) is 8.31. The van der Waals surface area contributed by atoms with Gasteiger partial charge in [-0.1, -0.05) is 74.9 Å². The van der Waals surface area contributed by atoms with Crippen LogP contribution in [0, 0.1) is 13.8 Å². The number of hydrogen-bond acceptors (Lipinski definition) is 7. The quantitative estimate of drug-likeness (QED) is 0.186. The van der Waals surface area contributed by atoms with E-state index in [0.717, 1.165) is 31.5 Å². The lowest BCUT2D eigenvalue weighted by atomic mass is 10.1. The first-order valence-electron chi connectivity index (χ1n) is 11.8. The van der Waals surface area contributed by atoms with E-state index >= 15 is 0 Å². The molecule has 0 spiro atoms. The van der Waals surface area contributed by atoms with Gasteiger partial charge < -0.3 is 10.6 Å². The Balaban J connectivity index is 1.36. The van der Waals surface area contributed by atoms with E-state index in [1.54, 1.807) is 18.2 Å². The molecule has 5 aromatic rings. The number of aromatic nitrogens is 4. The number of hydrogen-bond donors (Lipinski definition) is 2. The number of carbonyl (C=O) groups excluding carboxylic acids is 2. The van der Waals surface area contributed by atoms with Gasteiger partial charge in [0.1, 0.15) is 0 Å². The molecule has 2 heterocycles. The number of amides is 2. The maximum atomic E-state index is 12.9. The van der Waals surface area contributed by atoms with Crippen LogP contribution in [0.25, 0.3) is 15.9 Å². The lowest BCUT2D eigenvalue weighted by molar-refractivity contribution is -0.113. The summed E-state index contributed by atoms with van der Waals surface area (Å²) in [7, 11) is 0. The molecule has 2 aromatic heterocycles. The summed E-state index contributed by atoms with van der Waals surface area (Å²) < 4.78 is 3.63. The van der Waals surface area contributed by atoms with Crippen LogP contribution in [0.2, 0.25) is 5.02 Å². The number of fused-ring (bicyclic) bond motifs is 1. The second-order valence-electron chi connectivity index (χ2n) is 8.65. The van der Waals surface area contributed by atoms with Gasteiger partial charge in [-0.3, -0.25) is 14.2 Å². The summed E-state index contributed by atoms with van der Waals surface area (Å²) in [4.78, 5) is 30.1. The Hall–Kier alpha value is -3.25. The molecule has 0 saturated carbocycles. The molecule has 0 unspecified atom stereocenters. The number of thioether (sulfide) groups is 1. The molecule has 0 saturated heterocycles. The van der Waals surface area contributed by atoms with Gasteiger partial charge in [0.2, 0.25) is 5.91 Å². The molecular formula is C27H22BrClN6O2S2. The van der Waals surface area contributed by atoms with Crippen molar-refractivity contribution >= 4 is 77.8 Å². The Bertz CT molecular complexity index is 1670. The minimum absolute atomic E-state index is 0.110. The number of aryl methyl sites for hydroxylation is 2. The molecule has 0 bridgehead atoms. The van der Waals surface area contributed by atoms with E-state index in [0.29, 0.717) is 26.7 Å². The fraction of sp³-hybridized carbons (Fsp3) is 0.148. The molecule has 2 amide bonds. The highest BCUT2D eigenvalue weighted by Crippen LogP contribution is 2.28. The second-order valence-corrected chi connectivity index (χ2v) is 12.0. The maximum Gasteiger partial charge on any atom is 0.253 e. The number of carbonyl (C=O) groups is 2. The highest BCUT2D eigenvalue weighted by Gasteiger charge is 2.19. The van der Waals surface area contributed by atoms with Gasteiger partial charge in [-0.25, -0.2) is 4.98 Å². The molecule has 0 fully saturated rings. The highest BCUT2D eigenvalue weighted by atomic mass is 79.9. The Morgan fingerprint density at radius 2 is 1.90 bits per heavy atom. The molecule has 3 aromatic carbocycles. The van der Waals surface area contributed by atoms with Gasteiger partial charge in [0, 0.05) is 4.47 Å². The Morgan fingerprint density at radius 3 is 2.72 bits per heavy atom. The average Bonchev–Trinajstić information content (AvgIpc) is 3.52. The fourth-order valence-electron chi connectivity index (χ4n) is 3.85. The topological polar surface area (TPSA) is 102 Å². The number of benzene rings is 3. The number of thiazole rings is 1. The Morgan fingerprint density at radius 1 is 1.08 bits per heavy atom. The van der Waals surface area contributed by atoms with E-state index in [1.165, 1.54) is 23.1 Å². The number of nitrogens with one attached hydrogen (secondary N) is 2. The van der Waals surface area contributed by atoms with Crippen LogP contribution in [-0.2, 0) is 11.3 Å². The molecule has 0 aliphatic rings. The monoisotopic (exact) mass is 640 g/mol. The maximum absolute atomic E-state index is 12.9. The van der Waals surface area contributed by atoms with Gasteiger partial charge in [0.15, 0.2) is 16.1 Å². The van der Waals surface area contributed by atoms with Crippen molar-refractivity contribution in [3.05, 3.63) is 92.7 Å². The van der Waals surface area contributed by atoms with Gasteiger partial charge in [0.05, 0.1) is 38.8 Å². The first-order chi connectivity index (χ1) is 18.8. The third-order valence-electron chi connectivity index (χ3n) is 5.76. The lowest BCUT2D eigenvalue weighted by Gasteiger charge is -2.14. The zero-order valence-corrected chi connectivity index (χ0v) is 24.8. The van der Waals surface area contributed by atoms with Gasteiger partial charge in [0.25, 0.3) is 5.91 Å². The third kappa shape index (κ3) is 6.33. The van der Waals surface area contributed by atoms with Gasteiger partial charge >= 0.3 is 0 Å². The predicted octanol–water partition coefficient (Wildman–Crippen LogP) is 6.57. The van der Waals surface area contributed by atoms with E-state index in [4.69, 9.17) is 11.6 Å². The lowest BCUT2D eigenvalue weighted by Crippen LogP contribution is -2.25. The van der Waals surface area contributed by atoms with Crippen LogP contribution < -0.4 is 10.6 Å². The normalized spacial score (nSPS) is 11.1. The van der Waals surface area contributed by atoms with Crippen molar-refractivity contribution in [1.29, 1.82) is 0 Å². The highest BCUT2D eigenvalue weighted by molar-refractivity contribution is 9.10. The van der Waals surface area contributed by atoms with Gasteiger partial charge in [-0.05, 0) is 61.4 Å². The zero-order chi connectivity index (χ0) is 27.5. The number of para-hydroxylation sites is 1. The van der Waals surface area contributed by atoms with Crippen LogP contribution in [0.15, 0.2) is 70.3 Å². The van der Waals surface area contributed by atoms with E-state index in [9.17, 15) is 9.59 Å². The first-order valence-corrected chi connectivity index (χ1v) is 14.8. The molecule has 5 rings (SSSR count). The summed E-state index contributed by atoms with van der Waals surface area (Å²) in [5.74, 6) is 0.103. The van der Waals surface area contributed by atoms with E-state index in [2.05, 4.69) is 41.7 Å². The van der Waals surface area contributed by atoms with Crippen molar-refractivity contribution in [3.63, 3.8) is 0 Å². The number of rotatable bonds is 8. The minimum atomic E-state index is -0.332. The molecule has 39 heavy (non-hydrogen) atoms. The Labute approximate surface area is 246 Å². The SMILES string of the molecule is Cc1ccc(C)c(-n2c(CNC(=O)c3cc(Br)ccc3Cl)nnc2SCC(=O)Nc2nc3ccccc3s2)c1. The summed E-state index contributed by atoms with van der Waals surface area (Å²) in [6.07, 6.45) is 0. The molecule has 2 N–H and O–H groups in total. The smallest absolute Gasteiger partial charge is 0.253 e. The number of halogens is 2. The van der Waals surface area contributed by atoms with Crippen molar-refractivity contribution < 1.29 is 9.59 Å². The molecule has 0 aliphatic carbocycles. The van der Waals surface area contributed by atoms with Crippen molar-refractivity contribution in [2.24, 2.45) is 0 Å². The summed E-state index contributed by atoms with van der Waals surface area (Å²) in [6, 6.07) is 18.9. The predicted molar refractivity (Wildman–Crippen MR) is 160 cm³/mol. The van der Waals surface area contributed by atoms with Crippen LogP contribution in [0.4, 0.5) is 5.13 Å². The van der Waals surface area contributed by atoms with Crippen molar-refractivity contribution in [2.45, 2.75) is 25.5 Å². The van der Waals surface area contributed by atoms with Crippen LogP contribution >= 0.6 is 50.6 Å². The molecule has 0 atom stereocenters. The third-order valence-corrected chi connectivity index (χ3v) is 8.46. The van der Waals surface area contributed by atoms with Crippen molar-refractivity contribution in [2.75, 3.05) is 11.1 Å². The zero-order valence-electron chi connectivity index (χ0n) is 20.9. The van der Waals surface area contributed by atoms with Crippen LogP contribution in [0.5, 0.6) is 0 Å². The summed E-state index contributed by atoms with van der Waals surface area (Å²) in [5.41, 5.74) is 4.13. The number of anilines is 1. The van der Waals surface area contributed by atoms with E-state index in [-0.39, 0.29) is 24.1 Å². The molecule has 0 radical (unpaired) electrons. The number of nitrogens with zero attached hydrogens (tertiary/aromatic N) is 4. The van der Waals surface area contributed by atoms with Crippen LogP contribution in [-0.4, -0.2) is 37.3 Å². The van der Waals surface area contributed by atoms with E-state index < -0.39 is 0 Å². The van der Waals surface area contributed by atoms with Gasteiger partial charge in [-0.2, -0.15) is 0 Å². The largest absolute Gasteiger partial charge is 0.345 e. The molecule has 0 aliphatic heterocycles. The summed E-state index contributed by atoms with van der Waals surface area (Å²) in [5, 5.41) is 15.9. The molecular weight excluding hydrogens is 620 g/mol. The minimum Gasteiger partial charge on any atom is -0.345 e. The van der Waals surface area contributed by atoms with Crippen LogP contribution in [0.3, 0.4) is 0 Å². The standard InChI is InChI=1S/C27H22BrClN6O2S2/c1-15-7-8-16(2)21(11-15)35-23(13-30-25(37)18-12-17(28)9-10-19(18)29)33-34-27(35)38-14-24(36)32-26-31-20-5-3-4-6-22(20)39-26/h3-12H,13-14H2,1-2H3,(H,30,37)(H,31,32,36). The molecule has 8 nitrogen and oxygen atoms in total. The van der Waals surface area contributed by atoms with Gasteiger partial charge in [-0.15, -0.1) is 10.2 Å². The summed E-state index contributed by atoms with van der Waals surface area (Å²) in [6.45, 7) is 4.11. The second kappa shape index (κ2) is 11.9. The summed E-state index contributed by atoms with van der Waals surface area (Å²) >= 11 is 12.3. The van der Waals surface area contributed by atoms with E-state index in [1.807, 2.05) is 60.9 Å². The average molecular weight is 642 g/mol. The molecule has 198 valence electrons. The molecule has 12 heteroatoms. The fourth-order valence-corrected chi connectivity index (χ4v) is 6.06. The van der Waals surface area contributed by atoms with Crippen molar-refractivity contribution in [3.8, 4) is 5.69 Å². The van der Waals surface area contributed by atoms with Crippen molar-refractivity contribution in [1.82, 2.24) is 25.1 Å². The van der Waals surface area contributed by atoms with Crippen LogP contribution in [0.1, 0.15) is 27.3 Å². The first kappa shape index (κ1) is 27.3.